The summed E-state index contributed by atoms with van der Waals surface area (Å²) in [7, 11) is 0. The van der Waals surface area contributed by atoms with Gasteiger partial charge in [0, 0.05) is 28.4 Å². The SMILES string of the molecule is Cc1c(Cl)cccc1NC(=O)c1cc2c([nH]c1=O)C[C@H](C)CC2=O. The van der Waals surface area contributed by atoms with Gasteiger partial charge < -0.3 is 10.3 Å². The number of carbonyl (C=O) groups is 2. The number of benzene rings is 1. The highest BCUT2D eigenvalue weighted by Gasteiger charge is 2.25. The van der Waals surface area contributed by atoms with E-state index >= 15 is 0 Å². The number of H-pyrrole nitrogens is 1. The predicted octanol–water partition coefficient (Wildman–Crippen LogP) is 3.35. The van der Waals surface area contributed by atoms with Crippen molar-refractivity contribution >= 4 is 29.0 Å². The number of amides is 1. The zero-order valence-corrected chi connectivity index (χ0v) is 14.2. The second kappa shape index (κ2) is 6.24. The summed E-state index contributed by atoms with van der Waals surface area (Å²) in [6, 6.07) is 6.54. The molecule has 0 spiro atoms. The number of aromatic nitrogens is 1. The van der Waals surface area contributed by atoms with Crippen LogP contribution in [0, 0.1) is 12.8 Å². The fourth-order valence-corrected chi connectivity index (χ4v) is 3.10. The van der Waals surface area contributed by atoms with Gasteiger partial charge in [-0.1, -0.05) is 24.6 Å². The maximum Gasteiger partial charge on any atom is 0.261 e. The van der Waals surface area contributed by atoms with E-state index in [9.17, 15) is 14.4 Å². The van der Waals surface area contributed by atoms with E-state index in [0.29, 0.717) is 40.4 Å². The Morgan fingerprint density at radius 2 is 2.04 bits per heavy atom. The summed E-state index contributed by atoms with van der Waals surface area (Å²) in [5, 5.41) is 3.21. The summed E-state index contributed by atoms with van der Waals surface area (Å²) in [6.45, 7) is 3.74. The Kier molecular flexibility index (Phi) is 4.28. The van der Waals surface area contributed by atoms with E-state index in [4.69, 9.17) is 11.6 Å². The lowest BCUT2D eigenvalue weighted by Crippen LogP contribution is -2.29. The van der Waals surface area contributed by atoms with E-state index in [1.165, 1.54) is 6.07 Å². The maximum absolute atomic E-state index is 12.5. The number of Topliss-reactive ketones (excluding diaryl/α,β-unsaturated/α-hetero) is 1. The molecule has 124 valence electrons. The monoisotopic (exact) mass is 344 g/mol. The molecule has 0 fully saturated rings. The topological polar surface area (TPSA) is 79.0 Å². The highest BCUT2D eigenvalue weighted by Crippen LogP contribution is 2.25. The molecule has 24 heavy (non-hydrogen) atoms. The lowest BCUT2D eigenvalue weighted by Gasteiger charge is -2.20. The number of hydrogen-bond acceptors (Lipinski definition) is 3. The van der Waals surface area contributed by atoms with Crippen LogP contribution < -0.4 is 10.9 Å². The van der Waals surface area contributed by atoms with Crippen LogP contribution in [0.1, 0.15) is 45.3 Å². The van der Waals surface area contributed by atoms with Crippen LogP contribution >= 0.6 is 11.6 Å². The molecule has 5 nitrogen and oxygen atoms in total. The van der Waals surface area contributed by atoms with Crippen LogP contribution in [0.4, 0.5) is 5.69 Å². The molecular weight excluding hydrogens is 328 g/mol. The molecule has 0 radical (unpaired) electrons. The minimum Gasteiger partial charge on any atom is -0.325 e. The number of ketones is 1. The summed E-state index contributed by atoms with van der Waals surface area (Å²) >= 11 is 6.04. The standard InChI is InChI=1S/C18H17ClN2O3/c1-9-6-15-11(16(22)7-9)8-12(18(24)21-15)17(23)20-14-5-3-4-13(19)10(14)2/h3-5,8-9H,6-7H2,1-2H3,(H,20,23)(H,21,24)/t9-/m0/s1. The molecule has 0 saturated carbocycles. The summed E-state index contributed by atoms with van der Waals surface area (Å²) < 4.78 is 0. The van der Waals surface area contributed by atoms with E-state index in [0.717, 1.165) is 0 Å². The molecule has 6 heteroatoms. The molecule has 1 heterocycles. The summed E-state index contributed by atoms with van der Waals surface area (Å²) in [4.78, 5) is 39.6. The van der Waals surface area contributed by atoms with Crippen LogP contribution in [-0.2, 0) is 6.42 Å². The molecule has 1 aromatic carbocycles. The van der Waals surface area contributed by atoms with Crippen molar-refractivity contribution in [1.29, 1.82) is 0 Å². The fraction of sp³-hybridized carbons (Fsp3) is 0.278. The average molecular weight is 345 g/mol. The number of halogens is 1. The number of hydrogen-bond donors (Lipinski definition) is 2. The molecule has 2 aromatic rings. The molecule has 0 bridgehead atoms. The lowest BCUT2D eigenvalue weighted by atomic mass is 9.86. The first kappa shape index (κ1) is 16.5. The zero-order valence-electron chi connectivity index (χ0n) is 13.4. The average Bonchev–Trinajstić information content (AvgIpc) is 2.51. The van der Waals surface area contributed by atoms with E-state index in [-0.39, 0.29) is 17.3 Å². The van der Waals surface area contributed by atoms with Crippen molar-refractivity contribution in [3.63, 3.8) is 0 Å². The summed E-state index contributed by atoms with van der Waals surface area (Å²) in [5.41, 5.74) is 1.72. The number of fused-ring (bicyclic) bond motifs is 1. The van der Waals surface area contributed by atoms with Gasteiger partial charge in [-0.3, -0.25) is 14.4 Å². The number of aromatic amines is 1. The third kappa shape index (κ3) is 2.99. The number of rotatable bonds is 2. The van der Waals surface area contributed by atoms with Crippen LogP contribution in [0.25, 0.3) is 0 Å². The molecule has 2 N–H and O–H groups in total. The zero-order chi connectivity index (χ0) is 17.4. The van der Waals surface area contributed by atoms with Crippen LogP contribution in [0.5, 0.6) is 0 Å². The first-order chi connectivity index (χ1) is 11.4. The smallest absolute Gasteiger partial charge is 0.261 e. The van der Waals surface area contributed by atoms with E-state index in [1.54, 1.807) is 25.1 Å². The van der Waals surface area contributed by atoms with Gasteiger partial charge in [0.15, 0.2) is 5.78 Å². The molecule has 0 unspecified atom stereocenters. The molecule has 1 amide bonds. The molecule has 1 atom stereocenters. The Labute approximate surface area is 144 Å². The van der Waals surface area contributed by atoms with Gasteiger partial charge in [-0.25, -0.2) is 0 Å². The van der Waals surface area contributed by atoms with Crippen molar-refractivity contribution in [3.05, 3.63) is 62.0 Å². The molecule has 1 aromatic heterocycles. The number of pyridine rings is 1. The number of nitrogens with one attached hydrogen (secondary N) is 2. The molecule has 3 rings (SSSR count). The fourth-order valence-electron chi connectivity index (χ4n) is 2.93. The van der Waals surface area contributed by atoms with Gasteiger partial charge >= 0.3 is 0 Å². The van der Waals surface area contributed by atoms with Gasteiger partial charge in [-0.05, 0) is 43.0 Å². The predicted molar refractivity (Wildman–Crippen MR) is 93.0 cm³/mol. The van der Waals surface area contributed by atoms with Gasteiger partial charge in [0.1, 0.15) is 5.56 Å². The first-order valence-corrected chi connectivity index (χ1v) is 8.10. The second-order valence-electron chi connectivity index (χ2n) is 6.21. The molecule has 1 aliphatic carbocycles. The largest absolute Gasteiger partial charge is 0.325 e. The van der Waals surface area contributed by atoms with Gasteiger partial charge in [0.2, 0.25) is 0 Å². The van der Waals surface area contributed by atoms with Crippen LogP contribution in [-0.4, -0.2) is 16.7 Å². The normalized spacial score (nSPS) is 16.6. The van der Waals surface area contributed by atoms with Gasteiger partial charge in [0.05, 0.1) is 0 Å². The highest BCUT2D eigenvalue weighted by molar-refractivity contribution is 6.31. The Balaban J connectivity index is 1.96. The number of carbonyl (C=O) groups excluding carboxylic acids is 2. The Morgan fingerprint density at radius 1 is 1.29 bits per heavy atom. The summed E-state index contributed by atoms with van der Waals surface area (Å²) in [5.74, 6) is -0.418. The third-order valence-corrected chi connectivity index (χ3v) is 4.68. The quantitative estimate of drug-likeness (QED) is 0.876. The van der Waals surface area contributed by atoms with Crippen molar-refractivity contribution in [2.24, 2.45) is 5.92 Å². The Bertz CT molecular complexity index is 902. The van der Waals surface area contributed by atoms with Crippen molar-refractivity contribution in [1.82, 2.24) is 4.98 Å². The van der Waals surface area contributed by atoms with Gasteiger partial charge in [-0.15, -0.1) is 0 Å². The minimum absolute atomic E-state index is 0.0482. The second-order valence-corrected chi connectivity index (χ2v) is 6.61. The van der Waals surface area contributed by atoms with Crippen LogP contribution in [0.15, 0.2) is 29.1 Å². The number of anilines is 1. The van der Waals surface area contributed by atoms with E-state index in [1.807, 2.05) is 6.92 Å². The van der Waals surface area contributed by atoms with E-state index in [2.05, 4.69) is 10.3 Å². The van der Waals surface area contributed by atoms with Crippen molar-refractivity contribution in [3.8, 4) is 0 Å². The Hall–Kier alpha value is -2.40. The third-order valence-electron chi connectivity index (χ3n) is 4.27. The molecular formula is C18H17ClN2O3. The van der Waals surface area contributed by atoms with Crippen LogP contribution in [0.3, 0.4) is 0 Å². The van der Waals surface area contributed by atoms with Crippen LogP contribution in [0.2, 0.25) is 5.02 Å². The highest BCUT2D eigenvalue weighted by atomic mass is 35.5. The summed E-state index contributed by atoms with van der Waals surface area (Å²) in [6.07, 6.45) is 1.05. The minimum atomic E-state index is -0.559. The molecule has 0 saturated heterocycles. The van der Waals surface area contributed by atoms with Crippen molar-refractivity contribution in [2.75, 3.05) is 5.32 Å². The van der Waals surface area contributed by atoms with E-state index < -0.39 is 11.5 Å². The maximum atomic E-state index is 12.5. The first-order valence-electron chi connectivity index (χ1n) is 7.72. The van der Waals surface area contributed by atoms with Crippen molar-refractivity contribution in [2.45, 2.75) is 26.7 Å². The molecule has 0 aliphatic heterocycles. The van der Waals surface area contributed by atoms with Gasteiger partial charge in [0.25, 0.3) is 11.5 Å². The Morgan fingerprint density at radius 3 is 2.79 bits per heavy atom. The van der Waals surface area contributed by atoms with Gasteiger partial charge in [-0.2, -0.15) is 0 Å². The molecule has 1 aliphatic rings. The van der Waals surface area contributed by atoms with Crippen molar-refractivity contribution < 1.29 is 9.59 Å². The lowest BCUT2D eigenvalue weighted by molar-refractivity contribution is 0.0952.